The van der Waals surface area contributed by atoms with E-state index >= 15 is 0 Å². The van der Waals surface area contributed by atoms with Gasteiger partial charge in [-0.25, -0.2) is 19.9 Å². The molecule has 13 rings (SSSR count). The van der Waals surface area contributed by atoms with Crippen LogP contribution in [0.5, 0.6) is 0 Å². The van der Waals surface area contributed by atoms with Crippen molar-refractivity contribution in [2.24, 2.45) is 0 Å². The molecule has 10 nitrogen and oxygen atoms in total. The van der Waals surface area contributed by atoms with Gasteiger partial charge in [0, 0.05) is 44.4 Å². The van der Waals surface area contributed by atoms with Crippen molar-refractivity contribution < 1.29 is 25.5 Å². The molecule has 0 aliphatic rings. The number of benzene rings is 8. The summed E-state index contributed by atoms with van der Waals surface area (Å²) in [5.41, 5.74) is 13.1. The Kier molecular flexibility index (Phi) is 12.3. The van der Waals surface area contributed by atoms with Gasteiger partial charge in [0.15, 0.2) is 5.82 Å². The molecule has 0 aliphatic heterocycles. The molecule has 0 aliphatic carbocycles. The molecular formula is C66H51N9OPt. The molecule has 0 radical (unpaired) electrons. The second-order valence-corrected chi connectivity index (χ2v) is 21.1. The number of fused-ring (bicyclic) bond motifs is 5. The van der Waals surface area contributed by atoms with Gasteiger partial charge in [-0.3, -0.25) is 9.97 Å². The molecule has 77 heavy (non-hydrogen) atoms. The number of rotatable bonds is 9. The molecule has 0 fully saturated rings. The van der Waals surface area contributed by atoms with Crippen molar-refractivity contribution in [1.29, 1.82) is 0 Å². The molecule has 8 aromatic carbocycles. The van der Waals surface area contributed by atoms with E-state index in [0.717, 1.165) is 101 Å². The standard InChI is InChI=1S/C66H51N9O.Pt/c1-65(2,3)63-70-59(71-64(72-63)66(4,5)6)43-38-36-42(37-39-43)51-41-40-49-48-30-19-31-50(58(48)76-62(49)67-51)61-69-57-53(33-21-35-55(57)75(61)47-28-17-10-18-29-47)73(45-24-13-8-14-25-45)52-32-20-34-54-56(52)68-60(44-22-11-7-12-23-44)74(54)46-26-15-9-16-27-46;/h7-22,24-30,32-41H,1-6H3;/q-2;+2. The monoisotopic (exact) mass is 1180 g/mol. The number of pyridine rings is 1. The fraction of sp³-hybridized carbons (Fsp3) is 0.121. The average Bonchev–Trinajstić information content (AvgIpc) is 4.33. The molecule has 376 valence electrons. The van der Waals surface area contributed by atoms with Crippen LogP contribution >= 0.6 is 0 Å². The largest absolute Gasteiger partial charge is 2.00 e. The molecule has 0 unspecified atom stereocenters. The van der Waals surface area contributed by atoms with Crippen LogP contribution in [0, 0.1) is 12.1 Å². The van der Waals surface area contributed by atoms with E-state index in [2.05, 4.69) is 219 Å². The normalized spacial score (nSPS) is 11.9. The smallest absolute Gasteiger partial charge is 0.486 e. The molecule has 0 saturated heterocycles. The van der Waals surface area contributed by atoms with Crippen LogP contribution in [0.15, 0.2) is 205 Å². The predicted octanol–water partition coefficient (Wildman–Crippen LogP) is 16.2. The molecule has 13 aromatic rings. The number of hydrogen-bond acceptors (Lipinski definition) is 8. The first-order valence-electron chi connectivity index (χ1n) is 25.5. The fourth-order valence-electron chi connectivity index (χ4n) is 9.99. The number of anilines is 3. The van der Waals surface area contributed by atoms with E-state index in [1.165, 1.54) is 0 Å². The molecule has 0 N–H and O–H groups in total. The van der Waals surface area contributed by atoms with E-state index in [1.54, 1.807) is 0 Å². The first-order chi connectivity index (χ1) is 37.0. The van der Waals surface area contributed by atoms with E-state index in [-0.39, 0.29) is 31.9 Å². The van der Waals surface area contributed by atoms with Gasteiger partial charge in [-0.15, -0.1) is 54.1 Å². The molecule has 0 atom stereocenters. The fourth-order valence-corrected chi connectivity index (χ4v) is 9.99. The maximum Gasteiger partial charge on any atom is 2.00 e. The second kappa shape index (κ2) is 19.4. The average molecular weight is 1180 g/mol. The van der Waals surface area contributed by atoms with E-state index in [0.29, 0.717) is 28.5 Å². The number of aromatic nitrogens is 8. The van der Waals surface area contributed by atoms with Crippen LogP contribution in [0.3, 0.4) is 0 Å². The van der Waals surface area contributed by atoms with Crippen molar-refractivity contribution in [2.45, 2.75) is 52.4 Å². The minimum absolute atomic E-state index is 0. The van der Waals surface area contributed by atoms with Gasteiger partial charge in [0.05, 0.1) is 45.3 Å². The Bertz CT molecular complexity index is 4260. The van der Waals surface area contributed by atoms with Gasteiger partial charge in [0.1, 0.15) is 22.7 Å². The molecular weight excluding hydrogens is 1130 g/mol. The molecule has 5 aromatic heterocycles. The summed E-state index contributed by atoms with van der Waals surface area (Å²) in [4.78, 5) is 33.3. The van der Waals surface area contributed by atoms with Crippen molar-refractivity contribution in [2.75, 3.05) is 4.90 Å². The summed E-state index contributed by atoms with van der Waals surface area (Å²) in [6.45, 7) is 12.8. The van der Waals surface area contributed by atoms with Gasteiger partial charge in [-0.2, -0.15) is 0 Å². The summed E-state index contributed by atoms with van der Waals surface area (Å²) in [5, 5.41) is 1.82. The van der Waals surface area contributed by atoms with Gasteiger partial charge in [0.25, 0.3) is 0 Å². The molecule has 0 saturated carbocycles. The van der Waals surface area contributed by atoms with Gasteiger partial charge in [0.2, 0.25) is 5.71 Å². The Hall–Kier alpha value is -8.85. The van der Waals surface area contributed by atoms with Crippen LogP contribution in [-0.2, 0) is 31.9 Å². The summed E-state index contributed by atoms with van der Waals surface area (Å²) < 4.78 is 11.3. The van der Waals surface area contributed by atoms with Gasteiger partial charge < -0.3 is 18.5 Å². The van der Waals surface area contributed by atoms with E-state index in [4.69, 9.17) is 34.3 Å². The van der Waals surface area contributed by atoms with Gasteiger partial charge >= 0.3 is 21.1 Å². The minimum atomic E-state index is -0.236. The van der Waals surface area contributed by atoms with Crippen LogP contribution in [0.4, 0.5) is 17.1 Å². The Morgan fingerprint density at radius 2 is 1.01 bits per heavy atom. The zero-order valence-electron chi connectivity index (χ0n) is 43.3. The van der Waals surface area contributed by atoms with Crippen LogP contribution in [0.1, 0.15) is 53.2 Å². The van der Waals surface area contributed by atoms with E-state index in [9.17, 15) is 0 Å². The number of imidazole rings is 2. The SMILES string of the molecule is CC(C)(C)c1nc(-c2ccc(-c3ccc4c(n3)oc3c(-c5nc6c(N(c7ccccc7)c7cccc8c7nc(-c7[c-]cccc7)n8-c7ccccc7)cccc6n5-c5ccccc5)[c-]ccc34)cc2)nc(C(C)(C)C)n1.[Pt+2]. The van der Waals surface area contributed by atoms with Crippen LogP contribution < -0.4 is 4.90 Å². The topological polar surface area (TPSA) is 104 Å². The first kappa shape index (κ1) is 49.1. The molecule has 5 heterocycles. The van der Waals surface area contributed by atoms with Crippen molar-refractivity contribution in [3.05, 3.63) is 224 Å². The maximum atomic E-state index is 6.87. The summed E-state index contributed by atoms with van der Waals surface area (Å²) >= 11 is 0. The Labute approximate surface area is 461 Å². The van der Waals surface area contributed by atoms with E-state index in [1.807, 2.05) is 48.5 Å². The van der Waals surface area contributed by atoms with Crippen LogP contribution in [0.25, 0.3) is 101 Å². The zero-order valence-corrected chi connectivity index (χ0v) is 45.6. The summed E-state index contributed by atoms with van der Waals surface area (Å²) in [7, 11) is 0. The minimum Gasteiger partial charge on any atom is -0.486 e. The molecule has 0 bridgehead atoms. The van der Waals surface area contributed by atoms with Crippen molar-refractivity contribution in [1.82, 2.24) is 39.0 Å². The Morgan fingerprint density at radius 3 is 1.60 bits per heavy atom. The first-order valence-corrected chi connectivity index (χ1v) is 25.5. The predicted molar refractivity (Wildman–Crippen MR) is 306 cm³/mol. The molecule has 0 spiro atoms. The molecule has 11 heteroatoms. The zero-order chi connectivity index (χ0) is 51.7. The number of furan rings is 1. The third-order valence-corrected chi connectivity index (χ3v) is 13.7. The third-order valence-electron chi connectivity index (χ3n) is 13.7. The maximum absolute atomic E-state index is 6.87. The summed E-state index contributed by atoms with van der Waals surface area (Å²) in [5.74, 6) is 3.68. The van der Waals surface area contributed by atoms with E-state index < -0.39 is 0 Å². The third kappa shape index (κ3) is 8.78. The second-order valence-electron chi connectivity index (χ2n) is 21.1. The molecule has 0 amide bonds. The van der Waals surface area contributed by atoms with Crippen molar-refractivity contribution in [3.8, 4) is 56.8 Å². The van der Waals surface area contributed by atoms with Gasteiger partial charge in [-0.05, 0) is 72.8 Å². The number of para-hydroxylation sites is 5. The van der Waals surface area contributed by atoms with Crippen molar-refractivity contribution in [3.63, 3.8) is 0 Å². The Morgan fingerprint density at radius 1 is 0.455 bits per heavy atom. The van der Waals surface area contributed by atoms with Crippen molar-refractivity contribution >= 4 is 61.2 Å². The number of hydrogen-bond donors (Lipinski definition) is 0. The van der Waals surface area contributed by atoms with Gasteiger partial charge in [-0.1, -0.05) is 143 Å². The summed E-state index contributed by atoms with van der Waals surface area (Å²) in [6.07, 6.45) is 0. The van der Waals surface area contributed by atoms with Crippen LogP contribution in [0.2, 0.25) is 0 Å². The van der Waals surface area contributed by atoms with Crippen LogP contribution in [-0.4, -0.2) is 39.0 Å². The number of nitrogens with zero attached hydrogens (tertiary/aromatic N) is 9. The quantitative estimate of drug-likeness (QED) is 0.132. The summed E-state index contributed by atoms with van der Waals surface area (Å²) in [6, 6.07) is 75.4. The Balaban J connectivity index is 0.00000596.